The molecule has 0 spiro atoms. The molecule has 0 bridgehead atoms. The lowest BCUT2D eigenvalue weighted by molar-refractivity contribution is 0.278. The first kappa shape index (κ1) is 8.77. The lowest BCUT2D eigenvalue weighted by Crippen LogP contribution is -2.13. The fraction of sp³-hybridized carbons (Fsp3) is 0.125. The second-order valence-electron chi connectivity index (χ2n) is 2.47. The summed E-state index contributed by atoms with van der Waals surface area (Å²) in [6.07, 6.45) is 1.39. The molecule has 3 nitrogen and oxygen atoms in total. The minimum absolute atomic E-state index is 0.111. The first-order chi connectivity index (χ1) is 6.27. The standard InChI is InChI=1S/C8H6BrNO2S/c9-6-2-4-13-7(6)5-10-8(11)1-3-12-10/h1-4H,5H2. The molecule has 0 saturated carbocycles. The molecule has 0 atom stereocenters. The predicted molar refractivity (Wildman–Crippen MR) is 54.1 cm³/mol. The number of hydrogen-bond acceptors (Lipinski definition) is 3. The highest BCUT2D eigenvalue weighted by atomic mass is 79.9. The van der Waals surface area contributed by atoms with E-state index in [9.17, 15) is 4.79 Å². The van der Waals surface area contributed by atoms with Crippen LogP contribution in [-0.4, -0.2) is 4.74 Å². The second kappa shape index (κ2) is 3.51. The van der Waals surface area contributed by atoms with E-state index < -0.39 is 0 Å². The highest BCUT2D eigenvalue weighted by Gasteiger charge is 2.04. The van der Waals surface area contributed by atoms with E-state index in [1.165, 1.54) is 17.1 Å². The van der Waals surface area contributed by atoms with Crippen LogP contribution in [0.4, 0.5) is 0 Å². The Labute approximate surface area is 86.7 Å². The molecule has 0 saturated heterocycles. The highest BCUT2D eigenvalue weighted by molar-refractivity contribution is 9.10. The van der Waals surface area contributed by atoms with Crippen molar-refractivity contribution in [3.8, 4) is 0 Å². The van der Waals surface area contributed by atoms with E-state index >= 15 is 0 Å². The smallest absolute Gasteiger partial charge is 0.282 e. The topological polar surface area (TPSA) is 35.1 Å². The van der Waals surface area contributed by atoms with Crippen molar-refractivity contribution in [2.75, 3.05) is 0 Å². The first-order valence-corrected chi connectivity index (χ1v) is 5.31. The number of nitrogens with zero attached hydrogens (tertiary/aromatic N) is 1. The molecule has 0 aliphatic rings. The molecular weight excluding hydrogens is 254 g/mol. The molecule has 0 amide bonds. The maximum absolute atomic E-state index is 11.1. The quantitative estimate of drug-likeness (QED) is 0.830. The normalized spacial score (nSPS) is 10.5. The third-order valence-electron chi connectivity index (χ3n) is 1.62. The van der Waals surface area contributed by atoms with Gasteiger partial charge >= 0.3 is 0 Å². The summed E-state index contributed by atoms with van der Waals surface area (Å²) in [7, 11) is 0. The van der Waals surface area contributed by atoms with Crippen LogP contribution >= 0.6 is 27.3 Å². The molecule has 13 heavy (non-hydrogen) atoms. The maximum Gasteiger partial charge on any atom is 0.282 e. The number of halogens is 1. The van der Waals surface area contributed by atoms with Crippen molar-refractivity contribution >= 4 is 27.3 Å². The van der Waals surface area contributed by atoms with E-state index in [0.717, 1.165) is 9.35 Å². The summed E-state index contributed by atoms with van der Waals surface area (Å²) in [5.74, 6) is 0. The summed E-state index contributed by atoms with van der Waals surface area (Å²) in [5.41, 5.74) is -0.111. The molecule has 5 heteroatoms. The molecule has 2 heterocycles. The van der Waals surface area contributed by atoms with Gasteiger partial charge in [0.15, 0.2) is 0 Å². The number of hydrogen-bond donors (Lipinski definition) is 0. The lowest BCUT2D eigenvalue weighted by Gasteiger charge is -1.96. The van der Waals surface area contributed by atoms with Crippen molar-refractivity contribution in [1.82, 2.24) is 4.74 Å². The third kappa shape index (κ3) is 1.76. The van der Waals surface area contributed by atoms with Gasteiger partial charge in [0.25, 0.3) is 5.56 Å². The van der Waals surface area contributed by atoms with E-state index in [1.807, 2.05) is 11.4 Å². The molecule has 0 unspecified atom stereocenters. The van der Waals surface area contributed by atoms with E-state index in [-0.39, 0.29) is 5.56 Å². The molecular formula is C8H6BrNO2S. The van der Waals surface area contributed by atoms with Gasteiger partial charge in [0, 0.05) is 15.4 Å². The van der Waals surface area contributed by atoms with Gasteiger partial charge in [-0.15, -0.1) is 11.3 Å². The maximum atomic E-state index is 11.1. The van der Waals surface area contributed by atoms with Crippen molar-refractivity contribution in [3.63, 3.8) is 0 Å². The monoisotopic (exact) mass is 259 g/mol. The summed E-state index contributed by atoms with van der Waals surface area (Å²) in [5, 5.41) is 1.97. The Kier molecular flexibility index (Phi) is 2.37. The Balaban J connectivity index is 2.29. The SMILES string of the molecule is O=c1ccon1Cc1sccc1Br. The molecule has 2 aromatic rings. The Bertz CT molecular complexity index is 456. The molecule has 0 radical (unpaired) electrons. The van der Waals surface area contributed by atoms with Gasteiger partial charge < -0.3 is 4.52 Å². The van der Waals surface area contributed by atoms with Crippen molar-refractivity contribution in [1.29, 1.82) is 0 Å². The number of rotatable bonds is 2. The van der Waals surface area contributed by atoms with Gasteiger partial charge in [-0.2, -0.15) is 4.74 Å². The van der Waals surface area contributed by atoms with E-state index in [0.29, 0.717) is 6.54 Å². The van der Waals surface area contributed by atoms with Crippen LogP contribution in [0, 0.1) is 0 Å². The average molecular weight is 260 g/mol. The van der Waals surface area contributed by atoms with Crippen molar-refractivity contribution in [3.05, 3.63) is 43.5 Å². The number of thiophene rings is 1. The third-order valence-corrected chi connectivity index (χ3v) is 3.53. The van der Waals surface area contributed by atoms with Crippen LogP contribution < -0.4 is 5.56 Å². The summed E-state index contributed by atoms with van der Waals surface area (Å²) in [4.78, 5) is 12.2. The van der Waals surface area contributed by atoms with Crippen LogP contribution in [0.5, 0.6) is 0 Å². The Morgan fingerprint density at radius 2 is 2.38 bits per heavy atom. The van der Waals surface area contributed by atoms with Gasteiger partial charge in [-0.05, 0) is 27.4 Å². The molecule has 2 aromatic heterocycles. The van der Waals surface area contributed by atoms with Crippen LogP contribution in [0.3, 0.4) is 0 Å². The average Bonchev–Trinajstić information content (AvgIpc) is 2.65. The largest absolute Gasteiger partial charge is 0.384 e. The molecule has 0 aromatic carbocycles. The van der Waals surface area contributed by atoms with Crippen LogP contribution in [-0.2, 0) is 6.54 Å². The molecule has 0 N–H and O–H groups in total. The van der Waals surface area contributed by atoms with Crippen LogP contribution in [0.25, 0.3) is 0 Å². The van der Waals surface area contributed by atoms with E-state index in [2.05, 4.69) is 15.9 Å². The van der Waals surface area contributed by atoms with Gasteiger partial charge in [-0.25, -0.2) is 0 Å². The highest BCUT2D eigenvalue weighted by Crippen LogP contribution is 2.22. The second-order valence-corrected chi connectivity index (χ2v) is 4.33. The van der Waals surface area contributed by atoms with Gasteiger partial charge in [-0.3, -0.25) is 4.79 Å². The van der Waals surface area contributed by atoms with Gasteiger partial charge in [0.05, 0.1) is 6.54 Å². The Morgan fingerprint density at radius 1 is 1.54 bits per heavy atom. The van der Waals surface area contributed by atoms with Crippen molar-refractivity contribution in [2.45, 2.75) is 6.54 Å². The molecule has 68 valence electrons. The van der Waals surface area contributed by atoms with E-state index in [4.69, 9.17) is 4.52 Å². The fourth-order valence-electron chi connectivity index (χ4n) is 0.981. The lowest BCUT2D eigenvalue weighted by atomic mass is 10.5. The summed E-state index contributed by atoms with van der Waals surface area (Å²) >= 11 is 4.98. The summed E-state index contributed by atoms with van der Waals surface area (Å²) < 4.78 is 7.31. The predicted octanol–water partition coefficient (Wildman–Crippen LogP) is 2.31. The minimum atomic E-state index is -0.111. The summed E-state index contributed by atoms with van der Waals surface area (Å²) in [6.45, 7) is 0.490. The number of aromatic nitrogens is 1. The molecule has 2 rings (SSSR count). The Hall–Kier alpha value is -0.810. The minimum Gasteiger partial charge on any atom is -0.384 e. The molecule has 0 aliphatic heterocycles. The molecule has 0 fully saturated rings. The molecule has 0 aliphatic carbocycles. The fourth-order valence-corrected chi connectivity index (χ4v) is 2.43. The summed E-state index contributed by atoms with van der Waals surface area (Å²) in [6, 6.07) is 3.36. The van der Waals surface area contributed by atoms with Gasteiger partial charge in [-0.1, -0.05) is 0 Å². The van der Waals surface area contributed by atoms with Crippen LogP contribution in [0.15, 0.2) is 37.6 Å². The van der Waals surface area contributed by atoms with E-state index in [1.54, 1.807) is 11.3 Å². The zero-order valence-corrected chi connectivity index (χ0v) is 8.97. The van der Waals surface area contributed by atoms with Crippen LogP contribution in [0.1, 0.15) is 4.88 Å². The van der Waals surface area contributed by atoms with Crippen molar-refractivity contribution in [2.24, 2.45) is 0 Å². The zero-order valence-electron chi connectivity index (χ0n) is 6.57. The van der Waals surface area contributed by atoms with Gasteiger partial charge in [0.1, 0.15) is 6.26 Å². The van der Waals surface area contributed by atoms with Crippen molar-refractivity contribution < 1.29 is 4.52 Å². The van der Waals surface area contributed by atoms with Gasteiger partial charge in [0.2, 0.25) is 0 Å². The zero-order chi connectivity index (χ0) is 9.26. The first-order valence-electron chi connectivity index (χ1n) is 3.64. The van der Waals surface area contributed by atoms with Crippen LogP contribution in [0.2, 0.25) is 0 Å². The Morgan fingerprint density at radius 3 is 2.92 bits per heavy atom.